The number of nitrogens with one attached hydrogen (secondary N) is 3. The van der Waals surface area contributed by atoms with Crippen LogP contribution in [0.5, 0.6) is 0 Å². The van der Waals surface area contributed by atoms with Gasteiger partial charge in [0.1, 0.15) is 6.54 Å². The van der Waals surface area contributed by atoms with Crippen LogP contribution < -0.4 is 16.0 Å². The summed E-state index contributed by atoms with van der Waals surface area (Å²) in [5.41, 5.74) is 1.14. The van der Waals surface area contributed by atoms with Gasteiger partial charge in [-0.3, -0.25) is 9.59 Å². The molecule has 1 unspecified atom stereocenters. The van der Waals surface area contributed by atoms with Crippen LogP contribution in [0.25, 0.3) is 0 Å². The van der Waals surface area contributed by atoms with Gasteiger partial charge in [0.2, 0.25) is 5.91 Å². The molecule has 0 radical (unpaired) electrons. The largest absolute Gasteiger partial charge is 0.405 e. The minimum Gasteiger partial charge on any atom is -0.378 e. The Kier molecular flexibility index (Phi) is 8.32. The van der Waals surface area contributed by atoms with Crippen LogP contribution in [0.15, 0.2) is 18.2 Å². The summed E-state index contributed by atoms with van der Waals surface area (Å²) in [5, 5.41) is 7.64. The molecule has 0 aliphatic carbocycles. The maximum absolute atomic E-state index is 12.2. The first-order chi connectivity index (χ1) is 11.7. The number of carbonyl (C=O) groups is 2. The molecule has 1 fully saturated rings. The summed E-state index contributed by atoms with van der Waals surface area (Å²) in [6.45, 7) is 2.04. The molecule has 0 saturated carbocycles. The van der Waals surface area contributed by atoms with Gasteiger partial charge in [0.25, 0.3) is 5.91 Å². The van der Waals surface area contributed by atoms with E-state index in [1.807, 2.05) is 0 Å². The van der Waals surface area contributed by atoms with Crippen LogP contribution in [0.4, 0.5) is 18.9 Å². The summed E-state index contributed by atoms with van der Waals surface area (Å²) in [7, 11) is 0. The number of alkyl halides is 3. The van der Waals surface area contributed by atoms with Crippen molar-refractivity contribution in [3.8, 4) is 0 Å². The molecule has 0 spiro atoms. The number of hydrogen-bond acceptors (Lipinski definition) is 4. The molecule has 1 aliphatic heterocycles. The predicted octanol–water partition coefficient (Wildman–Crippen LogP) is 2.03. The predicted molar refractivity (Wildman–Crippen MR) is 92.7 cm³/mol. The third kappa shape index (κ3) is 7.19. The normalized spacial score (nSPS) is 17.2. The van der Waals surface area contributed by atoms with E-state index in [2.05, 4.69) is 10.6 Å². The van der Waals surface area contributed by atoms with Crippen LogP contribution in [0.2, 0.25) is 0 Å². The Bertz CT molecular complexity index is 635. The van der Waals surface area contributed by atoms with Gasteiger partial charge in [-0.25, -0.2) is 0 Å². The van der Waals surface area contributed by atoms with Crippen LogP contribution in [0.3, 0.4) is 0 Å². The number of amides is 2. The first-order valence-electron chi connectivity index (χ1n) is 7.81. The minimum absolute atomic E-state index is 0. The van der Waals surface area contributed by atoms with E-state index in [4.69, 9.17) is 4.74 Å². The zero-order valence-electron chi connectivity index (χ0n) is 14.1. The van der Waals surface area contributed by atoms with E-state index in [-0.39, 0.29) is 36.3 Å². The van der Waals surface area contributed by atoms with Gasteiger partial charge >= 0.3 is 6.18 Å². The molecule has 1 atom stereocenters. The van der Waals surface area contributed by atoms with E-state index < -0.39 is 18.6 Å². The Morgan fingerprint density at radius 2 is 2.08 bits per heavy atom. The number of halogens is 4. The summed E-state index contributed by atoms with van der Waals surface area (Å²) in [6, 6.07) is 4.25. The number of hydrogen-bond donors (Lipinski definition) is 3. The Morgan fingerprint density at radius 3 is 2.69 bits per heavy atom. The number of benzene rings is 1. The maximum atomic E-state index is 12.2. The number of anilines is 1. The highest BCUT2D eigenvalue weighted by Crippen LogP contribution is 2.18. The highest BCUT2D eigenvalue weighted by atomic mass is 35.5. The Hall–Kier alpha value is -1.84. The van der Waals surface area contributed by atoms with Crippen LogP contribution in [0.1, 0.15) is 22.3 Å². The zero-order valence-corrected chi connectivity index (χ0v) is 14.9. The van der Waals surface area contributed by atoms with Gasteiger partial charge in [0, 0.05) is 30.3 Å². The van der Waals surface area contributed by atoms with Crippen LogP contribution in [-0.2, 0) is 9.53 Å². The molecule has 3 N–H and O–H groups in total. The van der Waals surface area contributed by atoms with E-state index in [0.29, 0.717) is 31.0 Å². The average molecular weight is 396 g/mol. The lowest BCUT2D eigenvalue weighted by molar-refractivity contribution is -0.123. The van der Waals surface area contributed by atoms with E-state index in [0.717, 1.165) is 0 Å². The quantitative estimate of drug-likeness (QED) is 0.712. The van der Waals surface area contributed by atoms with Crippen molar-refractivity contribution in [2.45, 2.75) is 25.6 Å². The second kappa shape index (κ2) is 9.75. The third-order valence-corrected chi connectivity index (χ3v) is 3.65. The number of carbonyl (C=O) groups excluding carboxylic acids is 2. The van der Waals surface area contributed by atoms with Gasteiger partial charge in [-0.2, -0.15) is 13.2 Å². The molecule has 6 nitrogen and oxygen atoms in total. The summed E-state index contributed by atoms with van der Waals surface area (Å²) >= 11 is 0. The van der Waals surface area contributed by atoms with Crippen molar-refractivity contribution >= 4 is 29.9 Å². The molecule has 26 heavy (non-hydrogen) atoms. The van der Waals surface area contributed by atoms with Gasteiger partial charge in [-0.15, -0.1) is 12.4 Å². The second-order valence-corrected chi connectivity index (χ2v) is 5.81. The SMILES string of the molecule is Cc1ccc(C(=O)NCC(F)(F)F)cc1NC(=O)CC1COCCN1.Cl. The molecule has 10 heteroatoms. The highest BCUT2D eigenvalue weighted by Gasteiger charge is 2.28. The number of ether oxygens (including phenoxy) is 1. The fourth-order valence-electron chi connectivity index (χ4n) is 2.36. The second-order valence-electron chi connectivity index (χ2n) is 5.81. The first kappa shape index (κ1) is 22.2. The van der Waals surface area contributed by atoms with Crippen molar-refractivity contribution < 1.29 is 27.5 Å². The summed E-state index contributed by atoms with van der Waals surface area (Å²) in [5.74, 6) is -1.12. The Morgan fingerprint density at radius 1 is 1.35 bits per heavy atom. The summed E-state index contributed by atoms with van der Waals surface area (Å²) < 4.78 is 41.8. The lowest BCUT2D eigenvalue weighted by atomic mass is 10.1. The van der Waals surface area contributed by atoms with E-state index in [9.17, 15) is 22.8 Å². The van der Waals surface area contributed by atoms with Crippen molar-refractivity contribution in [3.05, 3.63) is 29.3 Å². The molecule has 1 aliphatic rings. The van der Waals surface area contributed by atoms with E-state index in [1.54, 1.807) is 18.3 Å². The number of morpholine rings is 1. The lowest BCUT2D eigenvalue weighted by Crippen LogP contribution is -2.43. The van der Waals surface area contributed by atoms with Crippen molar-refractivity contribution in [1.29, 1.82) is 0 Å². The van der Waals surface area contributed by atoms with Gasteiger partial charge < -0.3 is 20.7 Å². The molecule has 1 heterocycles. The Balaban J connectivity index is 0.00000338. The zero-order chi connectivity index (χ0) is 18.4. The van der Waals surface area contributed by atoms with E-state index >= 15 is 0 Å². The summed E-state index contributed by atoms with van der Waals surface area (Å²) in [6.07, 6.45) is -4.28. The first-order valence-corrected chi connectivity index (χ1v) is 7.81. The van der Waals surface area contributed by atoms with Crippen LogP contribution in [-0.4, -0.2) is 50.3 Å². The third-order valence-electron chi connectivity index (χ3n) is 3.65. The molecule has 0 aromatic heterocycles. The van der Waals surface area contributed by atoms with Crippen molar-refractivity contribution in [1.82, 2.24) is 10.6 Å². The smallest absolute Gasteiger partial charge is 0.378 e. The molecular weight excluding hydrogens is 375 g/mol. The number of aryl methyl sites for hydroxylation is 1. The molecule has 0 bridgehead atoms. The molecule has 2 amide bonds. The fraction of sp³-hybridized carbons (Fsp3) is 0.500. The molecule has 2 rings (SSSR count). The monoisotopic (exact) mass is 395 g/mol. The lowest BCUT2D eigenvalue weighted by Gasteiger charge is -2.23. The van der Waals surface area contributed by atoms with Gasteiger partial charge in [-0.1, -0.05) is 6.07 Å². The van der Waals surface area contributed by atoms with Crippen LogP contribution >= 0.6 is 12.4 Å². The molecule has 1 aromatic carbocycles. The van der Waals surface area contributed by atoms with Crippen molar-refractivity contribution in [2.75, 3.05) is 31.6 Å². The molecular formula is C16H21ClF3N3O3. The van der Waals surface area contributed by atoms with Crippen LogP contribution in [0, 0.1) is 6.92 Å². The maximum Gasteiger partial charge on any atom is 0.405 e. The molecule has 146 valence electrons. The van der Waals surface area contributed by atoms with Crippen molar-refractivity contribution in [3.63, 3.8) is 0 Å². The topological polar surface area (TPSA) is 79.5 Å². The van der Waals surface area contributed by atoms with E-state index in [1.165, 1.54) is 12.1 Å². The highest BCUT2D eigenvalue weighted by molar-refractivity contribution is 5.97. The molecule has 1 saturated heterocycles. The fourth-order valence-corrected chi connectivity index (χ4v) is 2.36. The summed E-state index contributed by atoms with van der Waals surface area (Å²) in [4.78, 5) is 23.9. The van der Waals surface area contributed by atoms with Gasteiger partial charge in [0.05, 0.1) is 13.2 Å². The Labute approximate surface area is 155 Å². The minimum atomic E-state index is -4.48. The average Bonchev–Trinajstić information content (AvgIpc) is 2.55. The molecule has 1 aromatic rings. The van der Waals surface area contributed by atoms with Crippen molar-refractivity contribution in [2.24, 2.45) is 0 Å². The standard InChI is InChI=1S/C16H20F3N3O3.ClH/c1-10-2-3-11(15(24)21-9-16(17,18)19)6-13(10)22-14(23)7-12-8-25-5-4-20-12;/h2-3,6,12,20H,4-5,7-9H2,1H3,(H,21,24)(H,22,23);1H. The number of rotatable bonds is 5. The van der Waals surface area contributed by atoms with Gasteiger partial charge in [0.15, 0.2) is 0 Å². The van der Waals surface area contributed by atoms with Gasteiger partial charge in [-0.05, 0) is 24.6 Å².